The molecule has 0 radical (unpaired) electrons. The molecule has 0 heterocycles. The zero-order valence-corrected chi connectivity index (χ0v) is 11.8. The van der Waals surface area contributed by atoms with Crippen LogP contribution in [0.25, 0.3) is 0 Å². The van der Waals surface area contributed by atoms with Crippen LogP contribution in [0.5, 0.6) is 5.75 Å². The van der Waals surface area contributed by atoms with Crippen molar-refractivity contribution in [2.45, 2.75) is 26.4 Å². The molecule has 2 rings (SSSR count). The summed E-state index contributed by atoms with van der Waals surface area (Å²) in [7, 11) is 1.71. The summed E-state index contributed by atoms with van der Waals surface area (Å²) in [5, 5.41) is 3.53. The average Bonchev–Trinajstić information content (AvgIpc) is 2.45. The fourth-order valence-electron chi connectivity index (χ4n) is 2.09. The van der Waals surface area contributed by atoms with E-state index in [9.17, 15) is 0 Å². The van der Waals surface area contributed by atoms with Crippen LogP contribution in [0.2, 0.25) is 0 Å². The molecule has 1 atom stereocenters. The minimum Gasteiger partial charge on any atom is -0.496 e. The van der Waals surface area contributed by atoms with E-state index in [1.807, 2.05) is 18.2 Å². The third-order valence-electron chi connectivity index (χ3n) is 3.37. The Morgan fingerprint density at radius 2 is 1.74 bits per heavy atom. The number of aryl methyl sites for hydroxylation is 1. The number of rotatable bonds is 5. The Balaban J connectivity index is 2.00. The van der Waals surface area contributed by atoms with Gasteiger partial charge in [-0.05, 0) is 25.5 Å². The molecule has 19 heavy (non-hydrogen) atoms. The lowest BCUT2D eigenvalue weighted by Gasteiger charge is -2.16. The summed E-state index contributed by atoms with van der Waals surface area (Å²) in [6.07, 6.45) is 0. The van der Waals surface area contributed by atoms with Gasteiger partial charge in [-0.1, -0.05) is 48.0 Å². The van der Waals surface area contributed by atoms with Crippen molar-refractivity contribution in [1.29, 1.82) is 0 Å². The van der Waals surface area contributed by atoms with Crippen LogP contribution >= 0.6 is 0 Å². The minimum absolute atomic E-state index is 0.325. The maximum atomic E-state index is 5.36. The van der Waals surface area contributed by atoms with Gasteiger partial charge in [0, 0.05) is 18.2 Å². The highest BCUT2D eigenvalue weighted by Crippen LogP contribution is 2.19. The maximum Gasteiger partial charge on any atom is 0.123 e. The summed E-state index contributed by atoms with van der Waals surface area (Å²) in [6.45, 7) is 5.09. The summed E-state index contributed by atoms with van der Waals surface area (Å²) in [6, 6.07) is 17.1. The zero-order chi connectivity index (χ0) is 13.7. The van der Waals surface area contributed by atoms with E-state index in [4.69, 9.17) is 4.74 Å². The van der Waals surface area contributed by atoms with Gasteiger partial charge in [0.15, 0.2) is 0 Å². The molecule has 1 N–H and O–H groups in total. The van der Waals surface area contributed by atoms with Crippen molar-refractivity contribution in [2.75, 3.05) is 7.11 Å². The first kappa shape index (κ1) is 13.6. The predicted molar refractivity (Wildman–Crippen MR) is 79.4 cm³/mol. The molecule has 0 aliphatic rings. The molecular formula is C17H21NO. The molecule has 100 valence electrons. The van der Waals surface area contributed by atoms with Gasteiger partial charge < -0.3 is 10.1 Å². The molecular weight excluding hydrogens is 234 g/mol. The lowest BCUT2D eigenvalue weighted by molar-refractivity contribution is 0.406. The number of benzene rings is 2. The summed E-state index contributed by atoms with van der Waals surface area (Å²) in [4.78, 5) is 0. The molecule has 0 spiro atoms. The first-order chi connectivity index (χ1) is 9.20. The first-order valence-electron chi connectivity index (χ1n) is 6.62. The molecule has 0 aromatic heterocycles. The number of hydrogen-bond acceptors (Lipinski definition) is 2. The Morgan fingerprint density at radius 3 is 2.42 bits per heavy atom. The summed E-state index contributed by atoms with van der Waals surface area (Å²) >= 11 is 0. The lowest BCUT2D eigenvalue weighted by Crippen LogP contribution is -2.18. The van der Waals surface area contributed by atoms with Gasteiger partial charge in [-0.15, -0.1) is 0 Å². The van der Waals surface area contributed by atoms with E-state index >= 15 is 0 Å². The van der Waals surface area contributed by atoms with Crippen LogP contribution in [0.3, 0.4) is 0 Å². The molecule has 2 heteroatoms. The number of ether oxygens (including phenoxy) is 1. The Kier molecular flexibility index (Phi) is 4.58. The van der Waals surface area contributed by atoms with E-state index in [-0.39, 0.29) is 0 Å². The highest BCUT2D eigenvalue weighted by Gasteiger charge is 2.06. The normalized spacial score (nSPS) is 12.2. The molecule has 0 fully saturated rings. The fraction of sp³-hybridized carbons (Fsp3) is 0.294. The van der Waals surface area contributed by atoms with Crippen molar-refractivity contribution >= 4 is 0 Å². The van der Waals surface area contributed by atoms with Gasteiger partial charge >= 0.3 is 0 Å². The van der Waals surface area contributed by atoms with E-state index in [0.717, 1.165) is 12.3 Å². The van der Waals surface area contributed by atoms with Crippen LogP contribution in [0.1, 0.15) is 29.7 Å². The van der Waals surface area contributed by atoms with Crippen LogP contribution in [-0.2, 0) is 6.54 Å². The fourth-order valence-corrected chi connectivity index (χ4v) is 2.09. The molecule has 0 saturated heterocycles. The SMILES string of the molecule is COc1ccccc1CN[C@@H](C)c1ccc(C)cc1. The number of para-hydroxylation sites is 1. The summed E-state index contributed by atoms with van der Waals surface area (Å²) in [5.74, 6) is 0.936. The van der Waals surface area contributed by atoms with Gasteiger partial charge in [0.1, 0.15) is 5.75 Å². The van der Waals surface area contributed by atoms with Gasteiger partial charge in [0.25, 0.3) is 0 Å². The Bertz CT molecular complexity index is 519. The van der Waals surface area contributed by atoms with Crippen molar-refractivity contribution in [2.24, 2.45) is 0 Å². The van der Waals surface area contributed by atoms with E-state index in [1.54, 1.807) is 7.11 Å². The average molecular weight is 255 g/mol. The third-order valence-corrected chi connectivity index (χ3v) is 3.37. The highest BCUT2D eigenvalue weighted by molar-refractivity contribution is 5.33. The van der Waals surface area contributed by atoms with Crippen molar-refractivity contribution in [3.63, 3.8) is 0 Å². The number of hydrogen-bond donors (Lipinski definition) is 1. The van der Waals surface area contributed by atoms with Crippen molar-refractivity contribution in [3.05, 3.63) is 65.2 Å². The zero-order valence-electron chi connectivity index (χ0n) is 11.8. The van der Waals surface area contributed by atoms with Crippen LogP contribution in [0.4, 0.5) is 0 Å². The molecule has 0 amide bonds. The number of methoxy groups -OCH3 is 1. The topological polar surface area (TPSA) is 21.3 Å². The predicted octanol–water partition coefficient (Wildman–Crippen LogP) is 3.85. The smallest absolute Gasteiger partial charge is 0.123 e. The molecule has 0 aliphatic heterocycles. The second kappa shape index (κ2) is 6.39. The van der Waals surface area contributed by atoms with E-state index < -0.39 is 0 Å². The monoisotopic (exact) mass is 255 g/mol. The first-order valence-corrected chi connectivity index (χ1v) is 6.62. The van der Waals surface area contributed by atoms with E-state index in [2.05, 4.69) is 49.5 Å². The van der Waals surface area contributed by atoms with E-state index in [0.29, 0.717) is 6.04 Å². The van der Waals surface area contributed by atoms with Crippen LogP contribution in [-0.4, -0.2) is 7.11 Å². The van der Waals surface area contributed by atoms with Gasteiger partial charge in [0.05, 0.1) is 7.11 Å². The van der Waals surface area contributed by atoms with Gasteiger partial charge in [0.2, 0.25) is 0 Å². The summed E-state index contributed by atoms with van der Waals surface area (Å²) < 4.78 is 5.36. The molecule has 0 saturated carbocycles. The molecule has 2 nitrogen and oxygen atoms in total. The van der Waals surface area contributed by atoms with Crippen LogP contribution < -0.4 is 10.1 Å². The standard InChI is InChI=1S/C17H21NO/c1-13-8-10-15(11-9-13)14(2)18-12-16-6-4-5-7-17(16)19-3/h4-11,14,18H,12H2,1-3H3/t14-/m0/s1. The second-order valence-corrected chi connectivity index (χ2v) is 4.83. The Labute approximate surface area is 115 Å². The lowest BCUT2D eigenvalue weighted by atomic mass is 10.1. The molecule has 0 aliphatic carbocycles. The maximum absolute atomic E-state index is 5.36. The van der Waals surface area contributed by atoms with Gasteiger partial charge in [-0.2, -0.15) is 0 Å². The van der Waals surface area contributed by atoms with Crippen molar-refractivity contribution < 1.29 is 4.74 Å². The third kappa shape index (κ3) is 3.58. The highest BCUT2D eigenvalue weighted by atomic mass is 16.5. The molecule has 0 unspecified atom stereocenters. The van der Waals surface area contributed by atoms with Gasteiger partial charge in [-0.25, -0.2) is 0 Å². The Morgan fingerprint density at radius 1 is 1.05 bits per heavy atom. The second-order valence-electron chi connectivity index (χ2n) is 4.83. The number of nitrogens with one attached hydrogen (secondary N) is 1. The van der Waals surface area contributed by atoms with Crippen molar-refractivity contribution in [1.82, 2.24) is 5.32 Å². The van der Waals surface area contributed by atoms with Crippen LogP contribution in [0, 0.1) is 6.92 Å². The van der Waals surface area contributed by atoms with E-state index in [1.165, 1.54) is 16.7 Å². The van der Waals surface area contributed by atoms with Crippen LogP contribution in [0.15, 0.2) is 48.5 Å². The molecule has 2 aromatic carbocycles. The molecule has 0 bridgehead atoms. The van der Waals surface area contributed by atoms with Crippen molar-refractivity contribution in [3.8, 4) is 5.75 Å². The minimum atomic E-state index is 0.325. The molecule has 2 aromatic rings. The largest absolute Gasteiger partial charge is 0.496 e. The quantitative estimate of drug-likeness (QED) is 0.876. The Hall–Kier alpha value is -1.80. The summed E-state index contributed by atoms with van der Waals surface area (Å²) in [5.41, 5.74) is 3.78. The van der Waals surface area contributed by atoms with Gasteiger partial charge in [-0.3, -0.25) is 0 Å².